The summed E-state index contributed by atoms with van der Waals surface area (Å²) in [4.78, 5) is 0. The third-order valence-electron chi connectivity index (χ3n) is 0.728. The third kappa shape index (κ3) is 49.0. The van der Waals surface area contributed by atoms with Crippen LogP contribution in [-0.2, 0) is 16.6 Å². The number of hydrogen-bond acceptors (Lipinski definition) is 0. The molecule has 0 radical (unpaired) electrons. The summed E-state index contributed by atoms with van der Waals surface area (Å²) >= 11 is -1.00. The Balaban J connectivity index is 0. The van der Waals surface area contributed by atoms with Crippen LogP contribution in [0.3, 0.4) is 0 Å². The van der Waals surface area contributed by atoms with Gasteiger partial charge in [0.1, 0.15) is 0 Å². The molecule has 0 fully saturated rings. The van der Waals surface area contributed by atoms with Crippen molar-refractivity contribution < 1.29 is 16.6 Å². The molecule has 1 heteroatoms. The van der Waals surface area contributed by atoms with Gasteiger partial charge in [0.05, 0.1) is 0 Å². The van der Waals surface area contributed by atoms with E-state index in [1.807, 2.05) is 6.08 Å². The van der Waals surface area contributed by atoms with E-state index >= 15 is 0 Å². The molecular formula is C11H24Ti. The summed E-state index contributed by atoms with van der Waals surface area (Å²) in [6.45, 7) is 5.71. The minimum atomic E-state index is -1.00. The van der Waals surface area contributed by atoms with Gasteiger partial charge in [-0.1, -0.05) is 38.2 Å². The van der Waals surface area contributed by atoms with Crippen molar-refractivity contribution in [1.82, 2.24) is 0 Å². The molecule has 0 rings (SSSR count). The number of hydrogen-bond donors (Lipinski definition) is 0. The summed E-state index contributed by atoms with van der Waals surface area (Å²) < 4.78 is 0. The molecule has 0 amide bonds. The molecule has 0 saturated heterocycles. The molecule has 0 spiro atoms. The van der Waals surface area contributed by atoms with Crippen molar-refractivity contribution in [3.63, 3.8) is 0 Å². The third-order valence-corrected chi connectivity index (χ3v) is 0.728. The van der Waals surface area contributed by atoms with Crippen LogP contribution in [0.25, 0.3) is 0 Å². The maximum absolute atomic E-state index is 3.55. The number of unbranched alkanes of at least 4 members (excludes halogenated alkanes) is 1. The van der Waals surface area contributed by atoms with E-state index in [4.69, 9.17) is 0 Å². The SMILES string of the molecule is C=CC=CCCC.[CH3][Ti]([CH3])([CH3])[CH3]. The quantitative estimate of drug-likeness (QED) is 0.454. The molecule has 0 aliphatic carbocycles. The summed E-state index contributed by atoms with van der Waals surface area (Å²) in [5.74, 6) is 0. The molecule has 0 aliphatic heterocycles. The minimum absolute atomic E-state index is 1.00. The van der Waals surface area contributed by atoms with Gasteiger partial charge < -0.3 is 0 Å². The Labute approximate surface area is 82.1 Å². The fourth-order valence-corrected chi connectivity index (χ4v) is 0.359. The summed E-state index contributed by atoms with van der Waals surface area (Å²) in [5.41, 5.74) is 0. The van der Waals surface area contributed by atoms with Crippen LogP contribution in [0.4, 0.5) is 0 Å². The van der Waals surface area contributed by atoms with E-state index < -0.39 is 16.6 Å². The first-order chi connectivity index (χ1) is 5.41. The molecule has 0 aromatic carbocycles. The summed E-state index contributed by atoms with van der Waals surface area (Å²) in [6.07, 6.45) is 8.29. The van der Waals surface area contributed by atoms with Crippen LogP contribution in [-0.4, -0.2) is 0 Å². The average Bonchev–Trinajstić information content (AvgIpc) is 1.85. The molecule has 0 heterocycles. The molecule has 0 atom stereocenters. The van der Waals surface area contributed by atoms with Crippen molar-refractivity contribution in [2.45, 2.75) is 40.7 Å². The first kappa shape index (κ1) is 14.7. The zero-order chi connectivity index (χ0) is 10.0. The van der Waals surface area contributed by atoms with Gasteiger partial charge in [-0.25, -0.2) is 0 Å². The average molecular weight is 204 g/mol. The van der Waals surface area contributed by atoms with E-state index in [-0.39, 0.29) is 0 Å². The van der Waals surface area contributed by atoms with Crippen LogP contribution < -0.4 is 0 Å². The fourth-order valence-electron chi connectivity index (χ4n) is 0.359. The van der Waals surface area contributed by atoms with Gasteiger partial charge in [-0.2, -0.15) is 0 Å². The first-order valence-electron chi connectivity index (χ1n) is 4.69. The topological polar surface area (TPSA) is 0 Å². The maximum atomic E-state index is 3.55. The van der Waals surface area contributed by atoms with Crippen LogP contribution in [0.2, 0.25) is 20.9 Å². The van der Waals surface area contributed by atoms with Crippen LogP contribution in [0.15, 0.2) is 24.8 Å². The van der Waals surface area contributed by atoms with Crippen LogP contribution in [0.5, 0.6) is 0 Å². The molecule has 0 aromatic rings. The molecule has 0 bridgehead atoms. The molecular weight excluding hydrogens is 180 g/mol. The van der Waals surface area contributed by atoms with E-state index in [9.17, 15) is 0 Å². The van der Waals surface area contributed by atoms with Gasteiger partial charge >= 0.3 is 37.5 Å². The molecule has 0 saturated carbocycles. The Kier molecular flexibility index (Phi) is 11.4. The second-order valence-electron chi connectivity index (χ2n) is 4.45. The predicted octanol–water partition coefficient (Wildman–Crippen LogP) is 4.86. The second-order valence-corrected chi connectivity index (χ2v) is 13.8. The second kappa shape index (κ2) is 9.28. The van der Waals surface area contributed by atoms with Crippen LogP contribution >= 0.6 is 0 Å². The molecule has 0 nitrogen and oxygen atoms in total. The van der Waals surface area contributed by atoms with Crippen molar-refractivity contribution in [2.24, 2.45) is 0 Å². The Bertz CT molecular complexity index is 111. The molecule has 0 aromatic heterocycles. The van der Waals surface area contributed by atoms with Crippen LogP contribution in [0, 0.1) is 0 Å². The van der Waals surface area contributed by atoms with E-state index in [1.165, 1.54) is 12.8 Å². The van der Waals surface area contributed by atoms with Gasteiger partial charge in [0.2, 0.25) is 0 Å². The van der Waals surface area contributed by atoms with Crippen molar-refractivity contribution >= 4 is 0 Å². The van der Waals surface area contributed by atoms with E-state index in [1.54, 1.807) is 6.08 Å². The molecule has 0 N–H and O–H groups in total. The summed E-state index contributed by atoms with van der Waals surface area (Å²) in [6, 6.07) is 0. The Morgan fingerprint density at radius 1 is 1.17 bits per heavy atom. The monoisotopic (exact) mass is 204 g/mol. The van der Waals surface area contributed by atoms with Gasteiger partial charge in [0.25, 0.3) is 0 Å². The van der Waals surface area contributed by atoms with Crippen molar-refractivity contribution in [3.8, 4) is 0 Å². The van der Waals surface area contributed by atoms with E-state index in [2.05, 4.69) is 40.5 Å². The zero-order valence-electron chi connectivity index (χ0n) is 9.35. The van der Waals surface area contributed by atoms with E-state index in [0.717, 1.165) is 0 Å². The van der Waals surface area contributed by atoms with Crippen molar-refractivity contribution in [2.75, 3.05) is 0 Å². The van der Waals surface area contributed by atoms with Crippen LogP contribution in [0.1, 0.15) is 19.8 Å². The Morgan fingerprint density at radius 3 is 1.83 bits per heavy atom. The fraction of sp³-hybridized carbons (Fsp3) is 0.636. The van der Waals surface area contributed by atoms with Gasteiger partial charge in [0.15, 0.2) is 0 Å². The van der Waals surface area contributed by atoms with Gasteiger partial charge in [-0.15, -0.1) is 0 Å². The zero-order valence-corrected chi connectivity index (χ0v) is 10.9. The Morgan fingerprint density at radius 2 is 1.58 bits per heavy atom. The number of allylic oxidation sites excluding steroid dienone is 3. The summed E-state index contributed by atoms with van der Waals surface area (Å²) in [5, 5.41) is 9.50. The molecule has 0 aliphatic rings. The predicted molar refractivity (Wildman–Crippen MR) is 57.7 cm³/mol. The summed E-state index contributed by atoms with van der Waals surface area (Å²) in [7, 11) is 0. The van der Waals surface area contributed by atoms with Gasteiger partial charge in [-0.05, 0) is 6.42 Å². The first-order valence-corrected chi connectivity index (χ1v) is 10.9. The molecule has 0 unspecified atom stereocenters. The molecule has 72 valence electrons. The van der Waals surface area contributed by atoms with E-state index in [0.29, 0.717) is 0 Å². The number of rotatable bonds is 3. The Hall–Kier alpha value is 0.194. The standard InChI is InChI=1S/C7H12.4CH3.Ti/c1-3-5-7-6-4-2;;;;;/h3,5,7H,1,4,6H2,2H3;4*1H3;. The van der Waals surface area contributed by atoms with Gasteiger partial charge in [0, 0.05) is 0 Å². The molecule has 12 heavy (non-hydrogen) atoms. The van der Waals surface area contributed by atoms with Gasteiger partial charge in [-0.3, -0.25) is 0 Å². The normalized spacial score (nSPS) is 10.8. The van der Waals surface area contributed by atoms with Crippen molar-refractivity contribution in [1.29, 1.82) is 0 Å². The van der Waals surface area contributed by atoms with Crippen molar-refractivity contribution in [3.05, 3.63) is 24.8 Å².